The average Bonchev–Trinajstić information content (AvgIpc) is 3.60. The molecule has 0 spiro atoms. The van der Waals surface area contributed by atoms with Crippen LogP contribution in [0.15, 0.2) is 30.6 Å². The Kier molecular flexibility index (Phi) is 16.9. The normalized spacial score (nSPS) is 19.8. The summed E-state index contributed by atoms with van der Waals surface area (Å²) < 4.78 is 0. The summed E-state index contributed by atoms with van der Waals surface area (Å²) in [6.07, 6.45) is 12.7. The van der Waals surface area contributed by atoms with Gasteiger partial charge < -0.3 is 42.7 Å². The number of hydrogen-bond donors (Lipinski definition) is 7. The number of primary amides is 2. The van der Waals surface area contributed by atoms with Crippen LogP contribution in [-0.4, -0.2) is 105 Å². The number of likely N-dealkylation sites (tertiary alicyclic amines) is 1. The molecule has 7 amide bonds. The summed E-state index contributed by atoms with van der Waals surface area (Å²) in [5, 5.41) is 20.4. The average molecular weight is 837 g/mol. The van der Waals surface area contributed by atoms with Crippen molar-refractivity contribution >= 4 is 53.1 Å². The highest BCUT2D eigenvalue weighted by atomic mass is 16.4. The van der Waals surface area contributed by atoms with E-state index >= 15 is 0 Å². The maximum atomic E-state index is 14.5. The molecule has 9 N–H and O–H groups in total. The molecule has 3 fully saturated rings. The number of nitrogens with one attached hydrogen (secondary N) is 4. The van der Waals surface area contributed by atoms with Crippen LogP contribution in [0.2, 0.25) is 0 Å². The number of Topliss-reactive ketones (excluding diaryl/α,β-unsaturated/α-hetero) is 1. The highest BCUT2D eigenvalue weighted by Gasteiger charge is 2.46. The molecule has 2 heterocycles. The Morgan fingerprint density at radius 3 is 2.03 bits per heavy atom. The molecule has 0 radical (unpaired) electrons. The first-order valence-corrected chi connectivity index (χ1v) is 20.8. The molecule has 2 aliphatic carbocycles. The Morgan fingerprint density at radius 2 is 1.47 bits per heavy atom. The van der Waals surface area contributed by atoms with Crippen molar-refractivity contribution in [1.29, 1.82) is 0 Å². The van der Waals surface area contributed by atoms with Crippen LogP contribution in [0.5, 0.6) is 0 Å². The number of allylic oxidation sites excluding steroid dienone is 1. The number of carbonyl (C=O) groups excluding carboxylic acids is 8. The van der Waals surface area contributed by atoms with Crippen LogP contribution in [0.4, 0.5) is 0 Å². The van der Waals surface area contributed by atoms with Gasteiger partial charge in [-0.3, -0.25) is 43.3 Å². The molecule has 4 rings (SSSR count). The van der Waals surface area contributed by atoms with Crippen molar-refractivity contribution in [2.45, 2.75) is 141 Å². The lowest BCUT2D eigenvalue weighted by atomic mass is 9.81. The molecule has 0 aromatic carbocycles. The molecule has 0 unspecified atom stereocenters. The topological polar surface area (TPSA) is 290 Å². The van der Waals surface area contributed by atoms with Crippen molar-refractivity contribution in [3.63, 3.8) is 0 Å². The second kappa shape index (κ2) is 21.5. The summed E-state index contributed by atoms with van der Waals surface area (Å²) in [7, 11) is 0. The van der Waals surface area contributed by atoms with E-state index in [1.807, 2.05) is 0 Å². The lowest BCUT2D eigenvalue weighted by Gasteiger charge is -2.37. The van der Waals surface area contributed by atoms with Crippen LogP contribution < -0.4 is 32.7 Å². The molecule has 0 bridgehead atoms. The summed E-state index contributed by atoms with van der Waals surface area (Å²) in [6, 6.07) is -4.56. The SMILES string of the molecule is CC(C)(C)[C@H](NC(=O)[C@H](CC/C=C/C(N)=O)NC(=O)Cc1cncc(C(=O)O)c1)C(=O)N1CC(=O)C[C@H]1C(=O)N[C@H](C(=O)N[C@H](C(N)=O)C1CCCCC1)C1CCCCC1. The number of hydrogen-bond acceptors (Lipinski definition) is 10. The quantitative estimate of drug-likeness (QED) is 0.102. The first-order valence-electron chi connectivity index (χ1n) is 20.8. The van der Waals surface area contributed by atoms with E-state index in [-0.39, 0.29) is 48.6 Å². The third kappa shape index (κ3) is 13.4. The number of ketones is 1. The van der Waals surface area contributed by atoms with Gasteiger partial charge in [0.15, 0.2) is 5.78 Å². The molecule has 1 saturated heterocycles. The number of aromatic nitrogens is 1. The van der Waals surface area contributed by atoms with Crippen LogP contribution in [0.1, 0.15) is 120 Å². The molecule has 3 aliphatic rings. The van der Waals surface area contributed by atoms with Crippen molar-refractivity contribution in [3.8, 4) is 0 Å². The number of nitrogens with zero attached hydrogens (tertiary/aromatic N) is 2. The van der Waals surface area contributed by atoms with Crippen molar-refractivity contribution in [1.82, 2.24) is 31.2 Å². The van der Waals surface area contributed by atoms with Gasteiger partial charge in [-0.15, -0.1) is 0 Å². The van der Waals surface area contributed by atoms with Gasteiger partial charge in [0.1, 0.15) is 30.2 Å². The van der Waals surface area contributed by atoms with E-state index < -0.39 is 95.3 Å². The van der Waals surface area contributed by atoms with E-state index in [2.05, 4.69) is 26.3 Å². The molecule has 328 valence electrons. The number of carboxylic acid groups (broad SMARTS) is 1. The Morgan fingerprint density at radius 1 is 0.850 bits per heavy atom. The minimum Gasteiger partial charge on any atom is -0.478 e. The number of aromatic carboxylic acids is 1. The van der Waals surface area contributed by atoms with E-state index in [1.165, 1.54) is 18.3 Å². The number of rotatable bonds is 18. The van der Waals surface area contributed by atoms with E-state index in [0.717, 1.165) is 68.5 Å². The largest absolute Gasteiger partial charge is 0.478 e. The Bertz CT molecular complexity index is 1810. The maximum absolute atomic E-state index is 14.5. The van der Waals surface area contributed by atoms with E-state index in [9.17, 15) is 48.3 Å². The predicted octanol–water partition coefficient (Wildman–Crippen LogP) is 0.945. The van der Waals surface area contributed by atoms with Gasteiger partial charge >= 0.3 is 5.97 Å². The number of amides is 7. The maximum Gasteiger partial charge on any atom is 0.337 e. The molecule has 1 aromatic rings. The first kappa shape index (κ1) is 47.0. The fourth-order valence-corrected chi connectivity index (χ4v) is 8.32. The Labute approximate surface area is 349 Å². The second-order valence-electron chi connectivity index (χ2n) is 17.3. The van der Waals surface area contributed by atoms with Crippen LogP contribution >= 0.6 is 0 Å². The summed E-state index contributed by atoms with van der Waals surface area (Å²) in [6.45, 7) is 4.62. The van der Waals surface area contributed by atoms with E-state index in [0.29, 0.717) is 12.8 Å². The van der Waals surface area contributed by atoms with Gasteiger partial charge in [-0.05, 0) is 73.5 Å². The summed E-state index contributed by atoms with van der Waals surface area (Å²) in [4.78, 5) is 123. The van der Waals surface area contributed by atoms with Gasteiger partial charge in [-0.1, -0.05) is 65.4 Å². The molecule has 1 aliphatic heterocycles. The monoisotopic (exact) mass is 836 g/mol. The minimum absolute atomic E-state index is 0.0327. The lowest BCUT2D eigenvalue weighted by molar-refractivity contribution is -0.145. The highest BCUT2D eigenvalue weighted by Crippen LogP contribution is 2.30. The smallest absolute Gasteiger partial charge is 0.337 e. The predicted molar refractivity (Wildman–Crippen MR) is 217 cm³/mol. The van der Waals surface area contributed by atoms with E-state index in [1.54, 1.807) is 20.8 Å². The van der Waals surface area contributed by atoms with Crippen LogP contribution in [0.3, 0.4) is 0 Å². The Hall–Kier alpha value is -5.68. The van der Waals surface area contributed by atoms with Gasteiger partial charge in [-0.2, -0.15) is 0 Å². The minimum atomic E-state index is -1.31. The summed E-state index contributed by atoms with van der Waals surface area (Å²) in [5.74, 6) is -6.82. The zero-order valence-corrected chi connectivity index (χ0v) is 34.7. The molecule has 1 aromatic heterocycles. The van der Waals surface area contributed by atoms with Crippen molar-refractivity contribution < 1.29 is 48.3 Å². The third-order valence-corrected chi connectivity index (χ3v) is 11.5. The van der Waals surface area contributed by atoms with Crippen molar-refractivity contribution in [3.05, 3.63) is 41.7 Å². The number of pyridine rings is 1. The lowest BCUT2D eigenvalue weighted by Crippen LogP contribution is -2.62. The molecular weight excluding hydrogens is 777 g/mol. The van der Waals surface area contributed by atoms with Gasteiger partial charge in [0, 0.05) is 18.8 Å². The zero-order chi connectivity index (χ0) is 44.1. The Balaban J connectivity index is 1.54. The van der Waals surface area contributed by atoms with Crippen LogP contribution in [0, 0.1) is 17.3 Å². The van der Waals surface area contributed by atoms with Gasteiger partial charge in [0.2, 0.25) is 41.4 Å². The summed E-state index contributed by atoms with van der Waals surface area (Å²) >= 11 is 0. The standard InChI is InChI=1S/C42H60N8O10/c1-42(2,3)35(49-37(55)29(16-10-11-17-31(43)52)46-32(53)19-24-18-27(41(59)60)22-45-21-24)40(58)50-23-28(51)20-30(50)38(56)48-34(26-14-8-5-9-15-26)39(57)47-33(36(44)54)25-12-6-4-7-13-25/h11,17-18,21-22,25-26,29-30,33-35H,4-10,12-16,19-20,23H2,1-3H3,(H2,43,52)(H2,44,54)(H,46,53)(H,47,57)(H,48,56)(H,49,55)(H,59,60)/b17-11+/t29-,30-,33-,34-,35+/m0/s1. The fourth-order valence-electron chi connectivity index (χ4n) is 8.32. The number of carbonyl (C=O) groups is 9. The molecular formula is C42H60N8O10. The number of nitrogens with two attached hydrogens (primary N) is 2. The molecule has 18 heteroatoms. The van der Waals surface area contributed by atoms with Gasteiger partial charge in [0.05, 0.1) is 18.5 Å². The zero-order valence-electron chi connectivity index (χ0n) is 34.7. The van der Waals surface area contributed by atoms with Gasteiger partial charge in [0.25, 0.3) is 0 Å². The highest BCUT2D eigenvalue weighted by molar-refractivity contribution is 6.02. The van der Waals surface area contributed by atoms with Crippen LogP contribution in [0.25, 0.3) is 0 Å². The first-order chi connectivity index (χ1) is 28.3. The number of carboxylic acids is 1. The van der Waals surface area contributed by atoms with E-state index in [4.69, 9.17) is 11.5 Å². The molecule has 2 saturated carbocycles. The second-order valence-corrected chi connectivity index (χ2v) is 17.3. The molecule has 18 nitrogen and oxygen atoms in total. The van der Waals surface area contributed by atoms with Crippen molar-refractivity contribution in [2.75, 3.05) is 6.54 Å². The summed E-state index contributed by atoms with van der Waals surface area (Å²) in [5.41, 5.74) is 10.1. The molecule has 60 heavy (non-hydrogen) atoms. The molecule has 5 atom stereocenters. The fraction of sp³-hybridized carbons (Fsp3) is 0.619. The van der Waals surface area contributed by atoms with Gasteiger partial charge in [-0.25, -0.2) is 4.79 Å². The van der Waals surface area contributed by atoms with Crippen molar-refractivity contribution in [2.24, 2.45) is 28.7 Å². The van der Waals surface area contributed by atoms with Crippen LogP contribution in [-0.2, 0) is 44.8 Å². The third-order valence-electron chi connectivity index (χ3n) is 11.5.